The van der Waals surface area contributed by atoms with Gasteiger partial charge < -0.3 is 10.1 Å². The summed E-state index contributed by atoms with van der Waals surface area (Å²) in [7, 11) is 0. The Bertz CT molecular complexity index is 1020. The highest BCUT2D eigenvalue weighted by Crippen LogP contribution is 2.31. The van der Waals surface area contributed by atoms with E-state index >= 15 is 0 Å². The van der Waals surface area contributed by atoms with Crippen molar-refractivity contribution in [2.45, 2.75) is 25.7 Å². The summed E-state index contributed by atoms with van der Waals surface area (Å²) >= 11 is 5.99. The summed E-state index contributed by atoms with van der Waals surface area (Å²) in [6.07, 6.45) is 7.35. The number of rotatable bonds is 7. The number of likely N-dealkylation sites (tertiary alicyclic amines) is 1. The van der Waals surface area contributed by atoms with E-state index in [1.165, 1.54) is 51.9 Å². The molecule has 0 saturated carbocycles. The molecular formula is C29H34ClN3O. The number of aromatic nitrogens is 1. The zero-order chi connectivity index (χ0) is 23.2. The topological polar surface area (TPSA) is 37.4 Å². The lowest BCUT2D eigenvalue weighted by Gasteiger charge is -2.37. The zero-order valence-corrected chi connectivity index (χ0v) is 20.5. The van der Waals surface area contributed by atoms with Crippen LogP contribution in [0, 0.1) is 11.8 Å². The number of hydrogen-bond acceptors (Lipinski definition) is 4. The monoisotopic (exact) mass is 475 g/mol. The van der Waals surface area contributed by atoms with Gasteiger partial charge in [0.05, 0.1) is 5.69 Å². The van der Waals surface area contributed by atoms with Gasteiger partial charge in [0.15, 0.2) is 0 Å². The minimum absolute atomic E-state index is 0.741. The molecular weight excluding hydrogens is 442 g/mol. The molecule has 0 aliphatic carbocycles. The summed E-state index contributed by atoms with van der Waals surface area (Å²) in [5.74, 6) is 2.80. The Hall–Kier alpha value is -2.40. The molecule has 2 aliphatic heterocycles. The molecule has 2 aromatic carbocycles. The van der Waals surface area contributed by atoms with Crippen molar-refractivity contribution in [3.63, 3.8) is 0 Å². The van der Waals surface area contributed by atoms with E-state index in [0.717, 1.165) is 58.1 Å². The summed E-state index contributed by atoms with van der Waals surface area (Å²) < 4.78 is 6.05. The van der Waals surface area contributed by atoms with Crippen molar-refractivity contribution in [3.05, 3.63) is 71.9 Å². The van der Waals surface area contributed by atoms with Gasteiger partial charge in [0.1, 0.15) is 12.4 Å². The second kappa shape index (κ2) is 11.4. The first-order chi connectivity index (χ1) is 16.7. The number of ether oxygens (including phenoxy) is 1. The van der Waals surface area contributed by atoms with Crippen molar-refractivity contribution in [1.82, 2.24) is 15.2 Å². The van der Waals surface area contributed by atoms with E-state index in [1.54, 1.807) is 0 Å². The number of hydrogen-bond donors (Lipinski definition) is 1. The van der Waals surface area contributed by atoms with E-state index in [1.807, 2.05) is 42.6 Å². The predicted octanol–water partition coefficient (Wildman–Crippen LogP) is 6.16. The molecule has 3 heterocycles. The first kappa shape index (κ1) is 23.3. The number of piperidine rings is 2. The lowest BCUT2D eigenvalue weighted by molar-refractivity contribution is 0.116. The molecule has 2 fully saturated rings. The molecule has 0 bridgehead atoms. The van der Waals surface area contributed by atoms with Crippen molar-refractivity contribution in [2.24, 2.45) is 11.8 Å². The van der Waals surface area contributed by atoms with E-state index in [-0.39, 0.29) is 0 Å². The van der Waals surface area contributed by atoms with Gasteiger partial charge in [-0.05, 0) is 112 Å². The summed E-state index contributed by atoms with van der Waals surface area (Å²) in [6, 6.07) is 20.3. The molecule has 0 radical (unpaired) electrons. The van der Waals surface area contributed by atoms with E-state index < -0.39 is 0 Å². The first-order valence-corrected chi connectivity index (χ1v) is 13.0. The Labute approximate surface area is 208 Å². The smallest absolute Gasteiger partial charge is 0.119 e. The maximum absolute atomic E-state index is 6.05. The van der Waals surface area contributed by atoms with Crippen LogP contribution < -0.4 is 10.1 Å². The molecule has 1 N–H and O–H groups in total. The molecule has 178 valence electrons. The van der Waals surface area contributed by atoms with E-state index in [4.69, 9.17) is 16.3 Å². The summed E-state index contributed by atoms with van der Waals surface area (Å²) in [5, 5.41) is 4.24. The summed E-state index contributed by atoms with van der Waals surface area (Å²) in [6.45, 7) is 6.60. The standard InChI is InChI=1S/C29H34ClN3O/c30-27-6-1-22(2-7-27)26-5-10-29(32-21-26)25-3-8-28(9-4-25)34-20-19-33-17-13-24(14-18-33)23-11-15-31-16-12-23/h1-10,21,23-24,31H,11-20H2. The average Bonchev–Trinajstić information content (AvgIpc) is 2.91. The van der Waals surface area contributed by atoms with Crippen LogP contribution in [0.15, 0.2) is 66.9 Å². The van der Waals surface area contributed by atoms with Crippen molar-refractivity contribution in [2.75, 3.05) is 39.3 Å². The quantitative estimate of drug-likeness (QED) is 0.444. The van der Waals surface area contributed by atoms with Gasteiger partial charge in [-0.25, -0.2) is 0 Å². The van der Waals surface area contributed by atoms with Crippen LogP contribution in [0.2, 0.25) is 5.02 Å². The van der Waals surface area contributed by atoms with Crippen LogP contribution in [0.25, 0.3) is 22.4 Å². The van der Waals surface area contributed by atoms with Gasteiger partial charge in [-0.1, -0.05) is 29.8 Å². The molecule has 5 rings (SSSR count). The van der Waals surface area contributed by atoms with Crippen LogP contribution in [-0.2, 0) is 0 Å². The number of pyridine rings is 1. The highest BCUT2D eigenvalue weighted by Gasteiger charge is 2.27. The van der Waals surface area contributed by atoms with E-state index in [9.17, 15) is 0 Å². The molecule has 2 saturated heterocycles. The largest absolute Gasteiger partial charge is 0.492 e. The second-order valence-corrected chi connectivity index (χ2v) is 10.0. The molecule has 0 spiro atoms. The Balaban J connectivity index is 1.07. The van der Waals surface area contributed by atoms with Crippen molar-refractivity contribution in [1.29, 1.82) is 0 Å². The molecule has 2 aliphatic rings. The molecule has 0 unspecified atom stereocenters. The molecule has 1 aromatic heterocycles. The minimum atomic E-state index is 0.741. The lowest BCUT2D eigenvalue weighted by atomic mass is 9.79. The SMILES string of the molecule is Clc1ccc(-c2ccc(-c3ccc(OCCN4CCC(C5CCNCC5)CC4)cc3)nc2)cc1. The molecule has 3 aromatic rings. The van der Waals surface area contributed by atoms with Gasteiger partial charge in [-0.3, -0.25) is 9.88 Å². The van der Waals surface area contributed by atoms with E-state index in [0.29, 0.717) is 0 Å². The normalized spacial score (nSPS) is 18.1. The number of nitrogens with zero attached hydrogens (tertiary/aromatic N) is 2. The Morgan fingerprint density at radius 3 is 2.12 bits per heavy atom. The van der Waals surface area contributed by atoms with Gasteiger partial charge in [0.25, 0.3) is 0 Å². The van der Waals surface area contributed by atoms with Crippen LogP contribution in [0.3, 0.4) is 0 Å². The maximum Gasteiger partial charge on any atom is 0.119 e. The molecule has 4 nitrogen and oxygen atoms in total. The van der Waals surface area contributed by atoms with Gasteiger partial charge >= 0.3 is 0 Å². The average molecular weight is 476 g/mol. The molecule has 34 heavy (non-hydrogen) atoms. The van der Waals surface area contributed by atoms with Crippen LogP contribution >= 0.6 is 11.6 Å². The third kappa shape index (κ3) is 5.99. The summed E-state index contributed by atoms with van der Waals surface area (Å²) in [5.41, 5.74) is 4.25. The number of nitrogens with one attached hydrogen (secondary N) is 1. The zero-order valence-electron chi connectivity index (χ0n) is 19.8. The molecule has 0 amide bonds. The first-order valence-electron chi connectivity index (χ1n) is 12.6. The number of benzene rings is 2. The Morgan fingerprint density at radius 2 is 1.44 bits per heavy atom. The van der Waals surface area contributed by atoms with Gasteiger partial charge in [0.2, 0.25) is 0 Å². The Morgan fingerprint density at radius 1 is 0.794 bits per heavy atom. The van der Waals surface area contributed by atoms with Crippen molar-refractivity contribution in [3.8, 4) is 28.1 Å². The highest BCUT2D eigenvalue weighted by atomic mass is 35.5. The predicted molar refractivity (Wildman–Crippen MR) is 140 cm³/mol. The lowest BCUT2D eigenvalue weighted by Crippen LogP contribution is -2.40. The second-order valence-electron chi connectivity index (χ2n) is 9.58. The van der Waals surface area contributed by atoms with Crippen LogP contribution in [0.4, 0.5) is 0 Å². The molecule has 0 atom stereocenters. The third-order valence-electron chi connectivity index (χ3n) is 7.45. The van der Waals surface area contributed by atoms with Crippen LogP contribution in [-0.4, -0.2) is 49.2 Å². The highest BCUT2D eigenvalue weighted by molar-refractivity contribution is 6.30. The van der Waals surface area contributed by atoms with Gasteiger partial charge in [-0.2, -0.15) is 0 Å². The third-order valence-corrected chi connectivity index (χ3v) is 7.70. The fourth-order valence-electron chi connectivity index (χ4n) is 5.36. The van der Waals surface area contributed by atoms with E-state index in [2.05, 4.69) is 39.5 Å². The number of halogens is 1. The van der Waals surface area contributed by atoms with Gasteiger partial charge in [0, 0.05) is 28.9 Å². The minimum Gasteiger partial charge on any atom is -0.492 e. The van der Waals surface area contributed by atoms with Gasteiger partial charge in [-0.15, -0.1) is 0 Å². The van der Waals surface area contributed by atoms with Crippen molar-refractivity contribution < 1.29 is 4.74 Å². The fourth-order valence-corrected chi connectivity index (χ4v) is 5.48. The fraction of sp³-hybridized carbons (Fsp3) is 0.414. The summed E-state index contributed by atoms with van der Waals surface area (Å²) in [4.78, 5) is 7.22. The van der Waals surface area contributed by atoms with Crippen molar-refractivity contribution >= 4 is 11.6 Å². The maximum atomic E-state index is 6.05. The van der Waals surface area contributed by atoms with Crippen LogP contribution in [0.5, 0.6) is 5.75 Å². The molecule has 5 heteroatoms. The Kier molecular flexibility index (Phi) is 7.79. The van der Waals surface area contributed by atoms with Crippen LogP contribution in [0.1, 0.15) is 25.7 Å².